The lowest BCUT2D eigenvalue weighted by atomic mass is 10.1. The van der Waals surface area contributed by atoms with Gasteiger partial charge in [0.05, 0.1) is 0 Å². The molecule has 0 aromatic heterocycles. The highest BCUT2D eigenvalue weighted by molar-refractivity contribution is 7.83. The van der Waals surface area contributed by atoms with Crippen molar-refractivity contribution in [2.45, 2.75) is 25.3 Å². The molecule has 0 fully saturated rings. The fraction of sp³-hybridized carbons (Fsp3) is 0.875. The minimum Gasteiger partial charge on any atom is -0.480 e. The topological polar surface area (TPSA) is 106 Å². The molecular formula is C8H20N2O3S. The van der Waals surface area contributed by atoms with Crippen molar-refractivity contribution in [2.75, 3.05) is 19.1 Å². The first-order valence-electron chi connectivity index (χ1n) is 4.35. The van der Waals surface area contributed by atoms with Crippen molar-refractivity contribution < 1.29 is 14.1 Å². The lowest BCUT2D eigenvalue weighted by Gasteiger charge is -2.03. The maximum Gasteiger partial charge on any atom is 0.320 e. The zero-order valence-corrected chi connectivity index (χ0v) is 9.55. The molecule has 0 aromatic carbocycles. The van der Waals surface area contributed by atoms with Gasteiger partial charge in [-0.05, 0) is 19.4 Å². The Kier molecular flexibility index (Phi) is 12.1. The molecule has 0 aliphatic heterocycles. The van der Waals surface area contributed by atoms with Crippen LogP contribution in [0.5, 0.6) is 0 Å². The van der Waals surface area contributed by atoms with Crippen molar-refractivity contribution in [3.8, 4) is 0 Å². The Balaban J connectivity index is 0. The Morgan fingerprint density at radius 1 is 1.43 bits per heavy atom. The van der Waals surface area contributed by atoms with E-state index >= 15 is 0 Å². The van der Waals surface area contributed by atoms with E-state index in [0.29, 0.717) is 13.0 Å². The number of rotatable bonds is 5. The fourth-order valence-electron chi connectivity index (χ4n) is 0.632. The van der Waals surface area contributed by atoms with E-state index in [1.165, 1.54) is 0 Å². The summed E-state index contributed by atoms with van der Waals surface area (Å²) < 4.78 is 9.56. The van der Waals surface area contributed by atoms with Crippen LogP contribution in [0.1, 0.15) is 19.3 Å². The van der Waals surface area contributed by atoms with Gasteiger partial charge in [0.25, 0.3) is 0 Å². The zero-order chi connectivity index (χ0) is 11.6. The fourth-order valence-corrected chi connectivity index (χ4v) is 0.632. The summed E-state index contributed by atoms with van der Waals surface area (Å²) in [5.74, 6) is -0.933. The van der Waals surface area contributed by atoms with Crippen LogP contribution < -0.4 is 11.5 Å². The molecule has 5 nitrogen and oxygen atoms in total. The lowest BCUT2D eigenvalue weighted by molar-refractivity contribution is -0.138. The largest absolute Gasteiger partial charge is 0.480 e. The minimum atomic E-state index is -0.933. The van der Waals surface area contributed by atoms with Crippen molar-refractivity contribution >= 4 is 16.8 Å². The van der Waals surface area contributed by atoms with Crippen molar-refractivity contribution in [3.05, 3.63) is 0 Å². The van der Waals surface area contributed by atoms with Crippen LogP contribution in [0.15, 0.2) is 0 Å². The third-order valence-electron chi connectivity index (χ3n) is 1.29. The normalized spacial score (nSPS) is 11.8. The van der Waals surface area contributed by atoms with Crippen LogP contribution >= 0.6 is 0 Å². The van der Waals surface area contributed by atoms with Gasteiger partial charge in [0.15, 0.2) is 0 Å². The van der Waals surface area contributed by atoms with Crippen LogP contribution in [-0.4, -0.2) is 40.4 Å². The predicted molar refractivity (Wildman–Crippen MR) is 58.5 cm³/mol. The van der Waals surface area contributed by atoms with Gasteiger partial charge in [-0.2, -0.15) is 0 Å². The zero-order valence-electron chi connectivity index (χ0n) is 8.73. The van der Waals surface area contributed by atoms with Gasteiger partial charge in [-0.15, -0.1) is 0 Å². The molecule has 0 radical (unpaired) electrons. The second-order valence-electron chi connectivity index (χ2n) is 2.97. The van der Waals surface area contributed by atoms with Gasteiger partial charge in [0, 0.05) is 23.3 Å². The first kappa shape index (κ1) is 16.0. The number of carboxylic acid groups (broad SMARTS) is 1. The summed E-state index contributed by atoms with van der Waals surface area (Å²) in [4.78, 5) is 10.1. The molecule has 0 saturated heterocycles. The second-order valence-corrected chi connectivity index (χ2v) is 4.45. The van der Waals surface area contributed by atoms with E-state index in [1.807, 2.05) is 0 Å². The van der Waals surface area contributed by atoms with Gasteiger partial charge in [-0.1, -0.05) is 6.42 Å². The number of aliphatic carboxylic acids is 1. The monoisotopic (exact) mass is 224 g/mol. The highest BCUT2D eigenvalue weighted by atomic mass is 32.2. The minimum absolute atomic E-state index is 0.520. The van der Waals surface area contributed by atoms with Crippen LogP contribution in [-0.2, 0) is 15.6 Å². The molecule has 0 bridgehead atoms. The first-order chi connectivity index (χ1) is 6.41. The number of unbranched alkanes of at least 4 members (excludes halogenated alkanes) is 1. The Hall–Kier alpha value is -0.460. The van der Waals surface area contributed by atoms with E-state index in [9.17, 15) is 9.00 Å². The molecule has 0 aliphatic carbocycles. The SMILES string of the molecule is CS(C)=O.NCCCCC(N)C(=O)O. The van der Waals surface area contributed by atoms with Crippen molar-refractivity contribution in [2.24, 2.45) is 11.5 Å². The van der Waals surface area contributed by atoms with E-state index in [4.69, 9.17) is 16.6 Å². The number of carboxylic acids is 1. The summed E-state index contributed by atoms with van der Waals surface area (Å²) in [6.07, 6.45) is 5.44. The molecule has 14 heavy (non-hydrogen) atoms. The Bertz CT molecular complexity index is 172. The average Bonchev–Trinajstić information content (AvgIpc) is 2.03. The average molecular weight is 224 g/mol. The summed E-state index contributed by atoms with van der Waals surface area (Å²) in [7, 11) is -0.611. The van der Waals surface area contributed by atoms with Gasteiger partial charge in [-0.3, -0.25) is 9.00 Å². The number of hydrogen-bond acceptors (Lipinski definition) is 4. The molecule has 0 spiro atoms. The third kappa shape index (κ3) is 17.6. The van der Waals surface area contributed by atoms with Crippen molar-refractivity contribution in [1.29, 1.82) is 0 Å². The van der Waals surface area contributed by atoms with Crippen LogP contribution in [0.25, 0.3) is 0 Å². The Morgan fingerprint density at radius 2 is 1.86 bits per heavy atom. The predicted octanol–water partition coefficient (Wildman–Crippen LogP) is -0.478. The molecule has 5 N–H and O–H groups in total. The lowest BCUT2D eigenvalue weighted by Crippen LogP contribution is -2.29. The Labute approximate surface area is 87.3 Å². The standard InChI is InChI=1S/C6H14N2O2.C2H6OS/c7-4-2-1-3-5(8)6(9)10;1-4(2)3/h5H,1-4,7-8H2,(H,9,10);1-2H3. The summed E-state index contributed by atoms with van der Waals surface area (Å²) in [5, 5.41) is 8.33. The molecule has 86 valence electrons. The van der Waals surface area contributed by atoms with Gasteiger partial charge < -0.3 is 16.6 Å². The summed E-state index contributed by atoms with van der Waals surface area (Å²) in [6.45, 7) is 0.604. The second kappa shape index (κ2) is 10.6. The third-order valence-corrected chi connectivity index (χ3v) is 1.29. The van der Waals surface area contributed by atoms with Gasteiger partial charge in [0.2, 0.25) is 0 Å². The molecule has 0 aromatic rings. The summed E-state index contributed by atoms with van der Waals surface area (Å²) >= 11 is 0. The highest BCUT2D eigenvalue weighted by Crippen LogP contribution is 1.96. The molecule has 0 aliphatic rings. The molecule has 0 saturated carbocycles. The maximum atomic E-state index is 10.1. The molecular weight excluding hydrogens is 204 g/mol. The molecule has 1 unspecified atom stereocenters. The van der Waals surface area contributed by atoms with E-state index in [-0.39, 0.29) is 0 Å². The van der Waals surface area contributed by atoms with Gasteiger partial charge in [-0.25, -0.2) is 0 Å². The van der Waals surface area contributed by atoms with Gasteiger partial charge in [0.1, 0.15) is 6.04 Å². The smallest absolute Gasteiger partial charge is 0.320 e. The van der Waals surface area contributed by atoms with Crippen molar-refractivity contribution in [1.82, 2.24) is 0 Å². The molecule has 1 atom stereocenters. The van der Waals surface area contributed by atoms with Crippen LogP contribution in [0.3, 0.4) is 0 Å². The summed E-state index contributed by atoms with van der Waals surface area (Å²) in [5.41, 5.74) is 10.4. The van der Waals surface area contributed by atoms with Crippen LogP contribution in [0.4, 0.5) is 0 Å². The highest BCUT2D eigenvalue weighted by Gasteiger charge is 2.09. The number of carbonyl (C=O) groups is 1. The maximum absolute atomic E-state index is 10.1. The van der Waals surface area contributed by atoms with Crippen LogP contribution in [0.2, 0.25) is 0 Å². The first-order valence-corrected chi connectivity index (χ1v) is 6.32. The van der Waals surface area contributed by atoms with E-state index in [0.717, 1.165) is 12.8 Å². The summed E-state index contributed by atoms with van der Waals surface area (Å²) in [6, 6.07) is -0.716. The molecule has 0 rings (SSSR count). The van der Waals surface area contributed by atoms with E-state index < -0.39 is 22.8 Å². The van der Waals surface area contributed by atoms with E-state index in [1.54, 1.807) is 12.5 Å². The number of hydrogen-bond donors (Lipinski definition) is 3. The Morgan fingerprint density at radius 3 is 2.14 bits per heavy atom. The molecule has 0 heterocycles. The van der Waals surface area contributed by atoms with Crippen molar-refractivity contribution in [3.63, 3.8) is 0 Å². The van der Waals surface area contributed by atoms with Gasteiger partial charge >= 0.3 is 5.97 Å². The number of nitrogens with two attached hydrogens (primary N) is 2. The quantitative estimate of drug-likeness (QED) is 0.547. The molecule has 6 heteroatoms. The van der Waals surface area contributed by atoms with Crippen LogP contribution in [0, 0.1) is 0 Å². The molecule has 0 amide bonds. The van der Waals surface area contributed by atoms with E-state index in [2.05, 4.69) is 0 Å².